The molecule has 1 aliphatic heterocycles. The van der Waals surface area contributed by atoms with Crippen molar-refractivity contribution in [2.24, 2.45) is 11.7 Å². The average molecular weight is 240 g/mol. The van der Waals surface area contributed by atoms with Crippen LogP contribution in [0.1, 0.15) is 40.0 Å². The molecule has 3 N–H and O–H groups in total. The van der Waals surface area contributed by atoms with E-state index in [4.69, 9.17) is 10.5 Å². The van der Waals surface area contributed by atoms with Crippen LogP contribution in [0.15, 0.2) is 12.2 Å². The van der Waals surface area contributed by atoms with Crippen molar-refractivity contribution in [1.29, 1.82) is 0 Å². The molecular formula is C14H28N2O. The third kappa shape index (κ3) is 3.30. The van der Waals surface area contributed by atoms with Crippen LogP contribution < -0.4 is 11.1 Å². The molecule has 0 aromatic carbocycles. The topological polar surface area (TPSA) is 47.3 Å². The van der Waals surface area contributed by atoms with E-state index in [0.717, 1.165) is 19.4 Å². The molecule has 0 bridgehead atoms. The first kappa shape index (κ1) is 14.7. The molecule has 0 amide bonds. The van der Waals surface area contributed by atoms with E-state index in [0.29, 0.717) is 12.0 Å². The molecule has 1 fully saturated rings. The number of hydrogen-bond acceptors (Lipinski definition) is 3. The number of nitrogens with one attached hydrogen (secondary N) is 1. The van der Waals surface area contributed by atoms with Crippen molar-refractivity contribution < 1.29 is 4.74 Å². The largest absolute Gasteiger partial charge is 0.377 e. The van der Waals surface area contributed by atoms with Gasteiger partial charge < -0.3 is 15.8 Å². The van der Waals surface area contributed by atoms with E-state index < -0.39 is 0 Å². The van der Waals surface area contributed by atoms with Gasteiger partial charge in [-0.3, -0.25) is 0 Å². The smallest absolute Gasteiger partial charge is 0.0816 e. The second-order valence-electron chi connectivity index (χ2n) is 5.25. The molecule has 1 heterocycles. The Morgan fingerprint density at radius 1 is 1.59 bits per heavy atom. The zero-order valence-electron chi connectivity index (χ0n) is 11.7. The fraction of sp³-hybridized carbons (Fsp3) is 0.857. The monoisotopic (exact) mass is 240 g/mol. The van der Waals surface area contributed by atoms with Crippen LogP contribution >= 0.6 is 0 Å². The van der Waals surface area contributed by atoms with Crippen LogP contribution in [0.5, 0.6) is 0 Å². The molecule has 0 radical (unpaired) electrons. The molecule has 0 spiro atoms. The van der Waals surface area contributed by atoms with Crippen molar-refractivity contribution in [1.82, 2.24) is 5.32 Å². The van der Waals surface area contributed by atoms with Gasteiger partial charge in [-0.1, -0.05) is 25.5 Å². The summed E-state index contributed by atoms with van der Waals surface area (Å²) >= 11 is 0. The molecule has 0 saturated carbocycles. The van der Waals surface area contributed by atoms with Gasteiger partial charge in [-0.15, -0.1) is 0 Å². The minimum atomic E-state index is -0.226. The summed E-state index contributed by atoms with van der Waals surface area (Å²) in [6, 6.07) is 0.374. The van der Waals surface area contributed by atoms with E-state index in [1.807, 2.05) is 0 Å². The Bertz CT molecular complexity index is 255. The summed E-state index contributed by atoms with van der Waals surface area (Å²) in [6.45, 7) is 7.44. The standard InChI is InChI=1S/C14H28N2O/c1-5-7-11-8-10-16-12(11)13(15)14(3,17-4)9-6-2/h5,7,11-13,16H,6,8-10,15H2,1-4H3/b7-5-/t11-,12-,13-,14+/m1/s1. The predicted octanol–water partition coefficient (Wildman–Crippen LogP) is 2.07. The van der Waals surface area contributed by atoms with Crippen LogP contribution in [0.25, 0.3) is 0 Å². The lowest BCUT2D eigenvalue weighted by Crippen LogP contribution is -2.58. The van der Waals surface area contributed by atoms with E-state index in [2.05, 4.69) is 38.2 Å². The first-order valence-electron chi connectivity index (χ1n) is 6.76. The number of ether oxygens (including phenoxy) is 1. The summed E-state index contributed by atoms with van der Waals surface area (Å²) in [5.41, 5.74) is 6.23. The number of allylic oxidation sites excluding steroid dienone is 1. The molecule has 3 nitrogen and oxygen atoms in total. The molecule has 100 valence electrons. The van der Waals surface area contributed by atoms with Gasteiger partial charge in [-0.2, -0.15) is 0 Å². The molecule has 17 heavy (non-hydrogen) atoms. The number of hydrogen-bond donors (Lipinski definition) is 2. The molecule has 0 aromatic rings. The van der Waals surface area contributed by atoms with Crippen molar-refractivity contribution >= 4 is 0 Å². The molecule has 1 aliphatic rings. The number of nitrogens with two attached hydrogens (primary N) is 1. The van der Waals surface area contributed by atoms with E-state index in [1.165, 1.54) is 6.42 Å². The Morgan fingerprint density at radius 2 is 2.29 bits per heavy atom. The van der Waals surface area contributed by atoms with Crippen LogP contribution in [0.3, 0.4) is 0 Å². The Labute approximate surface area is 106 Å². The molecule has 1 rings (SSSR count). The van der Waals surface area contributed by atoms with E-state index in [-0.39, 0.29) is 11.6 Å². The third-order valence-corrected chi connectivity index (χ3v) is 4.06. The van der Waals surface area contributed by atoms with Gasteiger partial charge in [0.15, 0.2) is 0 Å². The van der Waals surface area contributed by atoms with Crippen molar-refractivity contribution in [2.75, 3.05) is 13.7 Å². The minimum absolute atomic E-state index is 0.0381. The highest BCUT2D eigenvalue weighted by Crippen LogP contribution is 2.28. The second-order valence-corrected chi connectivity index (χ2v) is 5.25. The maximum atomic E-state index is 6.45. The van der Waals surface area contributed by atoms with Crippen molar-refractivity contribution in [3.63, 3.8) is 0 Å². The van der Waals surface area contributed by atoms with E-state index >= 15 is 0 Å². The van der Waals surface area contributed by atoms with Crippen LogP contribution in [0, 0.1) is 5.92 Å². The lowest BCUT2D eigenvalue weighted by atomic mass is 9.82. The average Bonchev–Trinajstić information content (AvgIpc) is 2.77. The molecule has 1 saturated heterocycles. The molecule has 0 aromatic heterocycles. The highest BCUT2D eigenvalue weighted by atomic mass is 16.5. The maximum Gasteiger partial charge on any atom is 0.0816 e. The van der Waals surface area contributed by atoms with Crippen LogP contribution in [-0.4, -0.2) is 31.3 Å². The summed E-state index contributed by atoms with van der Waals surface area (Å²) in [5, 5.41) is 3.53. The van der Waals surface area contributed by atoms with Gasteiger partial charge in [0.05, 0.1) is 5.60 Å². The number of methoxy groups -OCH3 is 1. The SMILES string of the molecule is C/C=C\[C@@H]1CCN[C@H]1[C@@H](N)[C@](C)(CCC)OC. The van der Waals surface area contributed by atoms with E-state index in [1.54, 1.807) is 7.11 Å². The second kappa shape index (κ2) is 6.53. The van der Waals surface area contributed by atoms with Crippen molar-refractivity contribution in [3.8, 4) is 0 Å². The summed E-state index contributed by atoms with van der Waals surface area (Å²) < 4.78 is 5.69. The Balaban J connectivity index is 2.75. The normalized spacial score (nSPS) is 30.6. The Hall–Kier alpha value is -0.380. The van der Waals surface area contributed by atoms with Gasteiger partial charge in [0.25, 0.3) is 0 Å². The number of rotatable bonds is 6. The van der Waals surface area contributed by atoms with Gasteiger partial charge >= 0.3 is 0 Å². The van der Waals surface area contributed by atoms with Crippen LogP contribution in [-0.2, 0) is 4.74 Å². The zero-order chi connectivity index (χ0) is 12.9. The Morgan fingerprint density at radius 3 is 2.82 bits per heavy atom. The first-order chi connectivity index (χ1) is 8.09. The summed E-state index contributed by atoms with van der Waals surface area (Å²) in [5.74, 6) is 0.543. The quantitative estimate of drug-likeness (QED) is 0.699. The molecular weight excluding hydrogens is 212 g/mol. The van der Waals surface area contributed by atoms with Gasteiger partial charge in [0.2, 0.25) is 0 Å². The predicted molar refractivity (Wildman–Crippen MR) is 73.0 cm³/mol. The fourth-order valence-electron chi connectivity index (χ4n) is 2.89. The lowest BCUT2D eigenvalue weighted by Gasteiger charge is -2.39. The van der Waals surface area contributed by atoms with Crippen molar-refractivity contribution in [2.45, 2.75) is 57.7 Å². The van der Waals surface area contributed by atoms with Gasteiger partial charge in [-0.25, -0.2) is 0 Å². The lowest BCUT2D eigenvalue weighted by molar-refractivity contribution is -0.0327. The highest BCUT2D eigenvalue weighted by molar-refractivity contribution is 5.06. The first-order valence-corrected chi connectivity index (χ1v) is 6.76. The molecule has 4 atom stereocenters. The minimum Gasteiger partial charge on any atom is -0.377 e. The zero-order valence-corrected chi connectivity index (χ0v) is 11.7. The summed E-state index contributed by atoms with van der Waals surface area (Å²) in [4.78, 5) is 0. The van der Waals surface area contributed by atoms with Gasteiger partial charge in [0.1, 0.15) is 0 Å². The van der Waals surface area contributed by atoms with Crippen molar-refractivity contribution in [3.05, 3.63) is 12.2 Å². The maximum absolute atomic E-state index is 6.45. The third-order valence-electron chi connectivity index (χ3n) is 4.06. The Kier molecular flexibility index (Phi) is 5.63. The van der Waals surface area contributed by atoms with Crippen LogP contribution in [0.2, 0.25) is 0 Å². The molecule has 3 heteroatoms. The fourth-order valence-corrected chi connectivity index (χ4v) is 2.89. The van der Waals surface area contributed by atoms with Crippen LogP contribution in [0.4, 0.5) is 0 Å². The molecule has 0 unspecified atom stereocenters. The van der Waals surface area contributed by atoms with Gasteiger partial charge in [-0.05, 0) is 39.2 Å². The highest BCUT2D eigenvalue weighted by Gasteiger charge is 2.40. The van der Waals surface area contributed by atoms with Gasteiger partial charge in [0, 0.05) is 19.2 Å². The van der Waals surface area contributed by atoms with E-state index in [9.17, 15) is 0 Å². The summed E-state index contributed by atoms with van der Waals surface area (Å²) in [7, 11) is 1.77. The molecule has 0 aliphatic carbocycles. The summed E-state index contributed by atoms with van der Waals surface area (Å²) in [6.07, 6.45) is 7.67.